The first kappa shape index (κ1) is 26.9. The topological polar surface area (TPSA) is 92.7 Å². The molecular weight excluding hydrogens is 486 g/mol. The summed E-state index contributed by atoms with van der Waals surface area (Å²) >= 11 is 6.01. The van der Waals surface area contributed by atoms with Gasteiger partial charge in [0.25, 0.3) is 0 Å². The van der Waals surface area contributed by atoms with Gasteiger partial charge in [-0.15, -0.1) is 0 Å². The van der Waals surface area contributed by atoms with Crippen LogP contribution in [0.3, 0.4) is 0 Å². The van der Waals surface area contributed by atoms with Crippen LogP contribution >= 0.6 is 11.6 Å². The van der Waals surface area contributed by atoms with E-state index in [1.807, 2.05) is 19.9 Å². The van der Waals surface area contributed by atoms with Crippen LogP contribution in [0.25, 0.3) is 0 Å². The average Bonchev–Trinajstić information content (AvgIpc) is 2.83. The van der Waals surface area contributed by atoms with Gasteiger partial charge in [0, 0.05) is 17.1 Å². The maximum Gasteiger partial charge on any atom is 0.338 e. The van der Waals surface area contributed by atoms with Crippen molar-refractivity contribution in [3.8, 4) is 0 Å². The maximum atomic E-state index is 13.0. The van der Waals surface area contributed by atoms with Crippen molar-refractivity contribution in [3.05, 3.63) is 94.5 Å². The fourth-order valence-corrected chi connectivity index (χ4v) is 5.14. The normalized spacial score (nSPS) is 12.8. The van der Waals surface area contributed by atoms with Gasteiger partial charge in [-0.3, -0.25) is 0 Å². The van der Waals surface area contributed by atoms with Crippen molar-refractivity contribution in [1.82, 2.24) is 5.32 Å². The first-order valence-electron chi connectivity index (χ1n) is 11.3. The van der Waals surface area contributed by atoms with E-state index in [0.29, 0.717) is 23.6 Å². The van der Waals surface area contributed by atoms with Gasteiger partial charge in [0.2, 0.25) is 9.84 Å². The van der Waals surface area contributed by atoms with Gasteiger partial charge >= 0.3 is 5.97 Å². The van der Waals surface area contributed by atoms with E-state index in [2.05, 4.69) is 5.32 Å². The minimum absolute atomic E-state index is 0.107. The molecule has 35 heavy (non-hydrogen) atoms. The van der Waals surface area contributed by atoms with E-state index in [9.17, 15) is 18.3 Å². The molecule has 0 saturated carbocycles. The van der Waals surface area contributed by atoms with Gasteiger partial charge in [-0.25, -0.2) is 13.2 Å². The molecule has 0 aliphatic carbocycles. The SMILES string of the molecule is CCOC(=O)c1ccc(S(=O)(=O)c2ccc(CC(C)(C)NC[C@@H](O)c3cccc(Cl)c3)cc2)cc1. The molecule has 3 aromatic carbocycles. The molecule has 0 bridgehead atoms. The van der Waals surface area contributed by atoms with Crippen molar-refractivity contribution < 1.29 is 23.1 Å². The number of carbonyl (C=O) groups excluding carboxylic acids is 1. The summed E-state index contributed by atoms with van der Waals surface area (Å²) in [7, 11) is -3.72. The minimum atomic E-state index is -3.72. The van der Waals surface area contributed by atoms with Crippen molar-refractivity contribution in [2.75, 3.05) is 13.2 Å². The van der Waals surface area contributed by atoms with Crippen molar-refractivity contribution in [2.24, 2.45) is 0 Å². The van der Waals surface area contributed by atoms with Gasteiger partial charge in [-0.1, -0.05) is 35.9 Å². The lowest BCUT2D eigenvalue weighted by Gasteiger charge is -2.28. The second-order valence-corrected chi connectivity index (χ2v) is 11.3. The molecule has 0 amide bonds. The predicted octanol–water partition coefficient (Wildman–Crippen LogP) is 4.99. The van der Waals surface area contributed by atoms with Crippen LogP contribution in [0.1, 0.15) is 48.4 Å². The Balaban J connectivity index is 1.64. The van der Waals surface area contributed by atoms with Crippen LogP contribution in [0.5, 0.6) is 0 Å². The number of ether oxygens (including phenoxy) is 1. The molecule has 0 spiro atoms. The molecule has 186 valence electrons. The Morgan fingerprint density at radius 1 is 1.03 bits per heavy atom. The summed E-state index contributed by atoms with van der Waals surface area (Å²) in [4.78, 5) is 12.1. The molecule has 3 aromatic rings. The average molecular weight is 516 g/mol. The number of esters is 1. The number of β-amino-alcohol motifs (C(OH)–C–C–N with tert-alkyl or cyclic N) is 1. The largest absolute Gasteiger partial charge is 0.462 e. The predicted molar refractivity (Wildman–Crippen MR) is 136 cm³/mol. The van der Waals surface area contributed by atoms with Crippen LogP contribution in [0.2, 0.25) is 5.02 Å². The molecule has 2 N–H and O–H groups in total. The minimum Gasteiger partial charge on any atom is -0.462 e. The second-order valence-electron chi connectivity index (χ2n) is 8.90. The summed E-state index contributed by atoms with van der Waals surface area (Å²) in [6.07, 6.45) is -0.0696. The highest BCUT2D eigenvalue weighted by molar-refractivity contribution is 7.91. The fourth-order valence-electron chi connectivity index (χ4n) is 3.68. The lowest BCUT2D eigenvalue weighted by molar-refractivity contribution is 0.0526. The maximum absolute atomic E-state index is 13.0. The fraction of sp³-hybridized carbons (Fsp3) is 0.296. The molecule has 0 unspecified atom stereocenters. The lowest BCUT2D eigenvalue weighted by Crippen LogP contribution is -2.43. The number of benzene rings is 3. The third-order valence-electron chi connectivity index (χ3n) is 5.56. The Morgan fingerprint density at radius 3 is 2.20 bits per heavy atom. The molecule has 0 radical (unpaired) electrons. The zero-order valence-corrected chi connectivity index (χ0v) is 21.6. The highest BCUT2D eigenvalue weighted by Gasteiger charge is 2.22. The van der Waals surface area contributed by atoms with Crippen molar-refractivity contribution >= 4 is 27.4 Å². The molecule has 8 heteroatoms. The van der Waals surface area contributed by atoms with Gasteiger partial charge in [-0.2, -0.15) is 0 Å². The second kappa shape index (κ2) is 11.4. The van der Waals surface area contributed by atoms with Crippen LogP contribution in [0.15, 0.2) is 82.6 Å². The summed E-state index contributed by atoms with van der Waals surface area (Å²) in [6.45, 7) is 6.35. The highest BCUT2D eigenvalue weighted by atomic mass is 35.5. The summed E-state index contributed by atoms with van der Waals surface area (Å²) in [5.41, 5.74) is 1.65. The number of hydrogen-bond donors (Lipinski definition) is 2. The number of aliphatic hydroxyl groups excluding tert-OH is 1. The molecule has 0 aromatic heterocycles. The molecule has 1 atom stereocenters. The lowest BCUT2D eigenvalue weighted by atomic mass is 9.94. The van der Waals surface area contributed by atoms with Crippen LogP contribution < -0.4 is 5.32 Å². The number of nitrogens with one attached hydrogen (secondary N) is 1. The Hall–Kier alpha value is -2.71. The van der Waals surface area contributed by atoms with Gasteiger partial charge in [0.05, 0.1) is 28.1 Å². The van der Waals surface area contributed by atoms with E-state index >= 15 is 0 Å². The quantitative estimate of drug-likeness (QED) is 0.369. The Morgan fingerprint density at radius 2 is 1.63 bits per heavy atom. The smallest absolute Gasteiger partial charge is 0.338 e. The van der Waals surface area contributed by atoms with Crippen LogP contribution in [0.4, 0.5) is 0 Å². The number of sulfone groups is 1. The number of aliphatic hydroxyl groups is 1. The van der Waals surface area contributed by atoms with Crippen molar-refractivity contribution in [3.63, 3.8) is 0 Å². The number of carbonyl (C=O) groups is 1. The molecule has 0 aliphatic rings. The van der Waals surface area contributed by atoms with Gasteiger partial charge < -0.3 is 15.2 Å². The Labute approximate surface area is 211 Å². The summed E-state index contributed by atoms with van der Waals surface area (Å²) < 4.78 is 31.0. The summed E-state index contributed by atoms with van der Waals surface area (Å²) in [5.74, 6) is -0.489. The van der Waals surface area contributed by atoms with Crippen molar-refractivity contribution in [2.45, 2.75) is 48.6 Å². The van der Waals surface area contributed by atoms with E-state index < -0.39 is 21.9 Å². The number of rotatable bonds is 10. The van der Waals surface area contributed by atoms with Crippen LogP contribution in [-0.4, -0.2) is 38.2 Å². The molecule has 3 rings (SSSR count). The molecule has 0 heterocycles. The van der Waals surface area contributed by atoms with Crippen LogP contribution in [-0.2, 0) is 21.0 Å². The highest BCUT2D eigenvalue weighted by Crippen LogP contribution is 2.24. The zero-order valence-electron chi connectivity index (χ0n) is 20.0. The van der Waals surface area contributed by atoms with Gasteiger partial charge in [-0.05, 0) is 86.8 Å². The zero-order chi connectivity index (χ0) is 25.6. The monoisotopic (exact) mass is 515 g/mol. The van der Waals surface area contributed by atoms with E-state index in [-0.39, 0.29) is 21.9 Å². The third kappa shape index (κ3) is 7.15. The van der Waals surface area contributed by atoms with Crippen molar-refractivity contribution in [1.29, 1.82) is 0 Å². The molecule has 0 saturated heterocycles. The Bertz CT molecular complexity index is 1260. The number of hydrogen-bond acceptors (Lipinski definition) is 6. The van der Waals surface area contributed by atoms with E-state index in [1.165, 1.54) is 24.3 Å². The molecular formula is C27H30ClNO5S. The Kier molecular flexibility index (Phi) is 8.72. The molecule has 0 fully saturated rings. The van der Waals surface area contributed by atoms with Gasteiger partial charge in [0.1, 0.15) is 0 Å². The number of halogens is 1. The van der Waals surface area contributed by atoms with E-state index in [4.69, 9.17) is 16.3 Å². The standard InChI is InChI=1S/C27H30ClNO5S/c1-4-34-26(31)20-10-14-24(15-11-20)35(32,33)23-12-8-19(9-13-23)17-27(2,3)29-18-25(30)21-6-5-7-22(28)16-21/h5-16,25,29-30H,4,17-18H2,1-3H3/t25-/m1/s1. The first-order valence-corrected chi connectivity index (χ1v) is 13.2. The first-order chi connectivity index (χ1) is 16.5. The summed E-state index contributed by atoms with van der Waals surface area (Å²) in [5, 5.41) is 14.4. The molecule has 0 aliphatic heterocycles. The van der Waals surface area contributed by atoms with E-state index in [1.54, 1.807) is 49.4 Å². The third-order valence-corrected chi connectivity index (χ3v) is 7.58. The summed E-state index contributed by atoms with van der Waals surface area (Å²) in [6, 6.07) is 19.6. The van der Waals surface area contributed by atoms with Gasteiger partial charge in [0.15, 0.2) is 0 Å². The van der Waals surface area contributed by atoms with Crippen LogP contribution in [0, 0.1) is 0 Å². The molecule has 6 nitrogen and oxygen atoms in total. The van der Waals surface area contributed by atoms with E-state index in [0.717, 1.165) is 11.1 Å².